The average molecular weight is 403 g/mol. The van der Waals surface area contributed by atoms with Crippen LogP contribution in [0.2, 0.25) is 0 Å². The molecule has 0 spiro atoms. The SMILES string of the molecule is CCOc1ccc(NC(=O)CCn2cnc3c(cnn3-c3ccccc3)c2=O)cc1. The van der Waals surface area contributed by atoms with Crippen LogP contribution in [-0.4, -0.2) is 31.8 Å². The maximum atomic E-state index is 12.8. The van der Waals surface area contributed by atoms with Crippen molar-refractivity contribution in [3.05, 3.63) is 77.5 Å². The van der Waals surface area contributed by atoms with E-state index in [9.17, 15) is 9.59 Å². The number of hydrogen-bond donors (Lipinski definition) is 1. The van der Waals surface area contributed by atoms with Crippen molar-refractivity contribution in [2.75, 3.05) is 11.9 Å². The Bertz CT molecular complexity index is 1210. The van der Waals surface area contributed by atoms with Crippen LogP contribution in [0, 0.1) is 0 Å². The van der Waals surface area contributed by atoms with Crippen molar-refractivity contribution in [2.24, 2.45) is 0 Å². The van der Waals surface area contributed by atoms with Gasteiger partial charge in [-0.05, 0) is 43.3 Å². The molecule has 1 amide bonds. The zero-order valence-corrected chi connectivity index (χ0v) is 16.5. The fraction of sp³-hybridized carbons (Fsp3) is 0.182. The van der Waals surface area contributed by atoms with Crippen LogP contribution in [0.4, 0.5) is 5.69 Å². The molecule has 0 aliphatic carbocycles. The summed E-state index contributed by atoms with van der Waals surface area (Å²) in [5.74, 6) is 0.559. The van der Waals surface area contributed by atoms with E-state index >= 15 is 0 Å². The largest absolute Gasteiger partial charge is 0.494 e. The molecule has 8 nitrogen and oxygen atoms in total. The van der Waals surface area contributed by atoms with Crippen LogP contribution >= 0.6 is 0 Å². The predicted molar refractivity (Wildman–Crippen MR) is 114 cm³/mol. The Hall–Kier alpha value is -3.94. The Morgan fingerprint density at radius 2 is 1.87 bits per heavy atom. The maximum Gasteiger partial charge on any atom is 0.264 e. The number of carbonyl (C=O) groups excluding carboxylic acids is 1. The number of nitrogens with one attached hydrogen (secondary N) is 1. The molecule has 0 unspecified atom stereocenters. The summed E-state index contributed by atoms with van der Waals surface area (Å²) in [6.45, 7) is 2.72. The van der Waals surface area contributed by atoms with Gasteiger partial charge >= 0.3 is 0 Å². The number of aromatic nitrogens is 4. The Morgan fingerprint density at radius 1 is 1.10 bits per heavy atom. The van der Waals surface area contributed by atoms with Gasteiger partial charge in [0.2, 0.25) is 5.91 Å². The molecular weight excluding hydrogens is 382 g/mol. The van der Waals surface area contributed by atoms with Gasteiger partial charge in [-0.2, -0.15) is 5.10 Å². The van der Waals surface area contributed by atoms with Gasteiger partial charge in [0.1, 0.15) is 11.1 Å². The van der Waals surface area contributed by atoms with E-state index in [1.54, 1.807) is 28.9 Å². The molecule has 8 heteroatoms. The summed E-state index contributed by atoms with van der Waals surface area (Å²) in [5.41, 5.74) is 1.76. The van der Waals surface area contributed by atoms with Crippen molar-refractivity contribution in [2.45, 2.75) is 19.9 Å². The second-order valence-corrected chi connectivity index (χ2v) is 6.63. The van der Waals surface area contributed by atoms with Crippen LogP contribution in [0.15, 0.2) is 71.9 Å². The number of anilines is 1. The highest BCUT2D eigenvalue weighted by molar-refractivity contribution is 5.90. The summed E-state index contributed by atoms with van der Waals surface area (Å²) >= 11 is 0. The lowest BCUT2D eigenvalue weighted by atomic mass is 10.3. The summed E-state index contributed by atoms with van der Waals surface area (Å²) in [6.07, 6.45) is 3.11. The molecule has 0 fully saturated rings. The van der Waals surface area contributed by atoms with Crippen LogP contribution in [0.3, 0.4) is 0 Å². The van der Waals surface area contributed by atoms with Crippen LogP contribution < -0.4 is 15.6 Å². The number of rotatable bonds is 7. The molecule has 0 saturated carbocycles. The molecule has 0 radical (unpaired) electrons. The molecule has 4 aromatic rings. The van der Waals surface area contributed by atoms with Gasteiger partial charge in [-0.3, -0.25) is 14.2 Å². The van der Waals surface area contributed by atoms with Gasteiger partial charge in [0.15, 0.2) is 5.65 Å². The first-order valence-electron chi connectivity index (χ1n) is 9.67. The van der Waals surface area contributed by atoms with Gasteiger partial charge in [-0.1, -0.05) is 18.2 Å². The standard InChI is InChI=1S/C22H21N5O3/c1-2-30-18-10-8-16(9-11-18)25-20(28)12-13-26-15-23-21-19(22(26)29)14-24-27(21)17-6-4-3-5-7-17/h3-11,14-15H,2,12-13H2,1H3,(H,25,28). The minimum absolute atomic E-state index is 0.146. The lowest BCUT2D eigenvalue weighted by molar-refractivity contribution is -0.116. The number of hydrogen-bond acceptors (Lipinski definition) is 5. The monoisotopic (exact) mass is 403 g/mol. The average Bonchev–Trinajstić information content (AvgIpc) is 3.20. The van der Waals surface area contributed by atoms with Gasteiger partial charge in [0.25, 0.3) is 5.56 Å². The highest BCUT2D eigenvalue weighted by Gasteiger charge is 2.12. The molecule has 0 aliphatic rings. The summed E-state index contributed by atoms with van der Waals surface area (Å²) in [7, 11) is 0. The summed E-state index contributed by atoms with van der Waals surface area (Å²) in [6, 6.07) is 16.6. The number of fused-ring (bicyclic) bond motifs is 1. The lowest BCUT2D eigenvalue weighted by Gasteiger charge is -2.08. The van der Waals surface area contributed by atoms with Crippen molar-refractivity contribution in [1.82, 2.24) is 19.3 Å². The van der Waals surface area contributed by atoms with E-state index < -0.39 is 0 Å². The minimum atomic E-state index is -0.226. The third kappa shape index (κ3) is 4.07. The zero-order valence-electron chi connectivity index (χ0n) is 16.5. The third-order valence-corrected chi connectivity index (χ3v) is 4.58. The molecule has 0 aliphatic heterocycles. The molecule has 0 atom stereocenters. The second-order valence-electron chi connectivity index (χ2n) is 6.63. The number of amides is 1. The highest BCUT2D eigenvalue weighted by Crippen LogP contribution is 2.16. The van der Waals surface area contributed by atoms with Crippen molar-refractivity contribution in [1.29, 1.82) is 0 Å². The Morgan fingerprint density at radius 3 is 2.60 bits per heavy atom. The van der Waals surface area contributed by atoms with Crippen molar-refractivity contribution >= 4 is 22.6 Å². The predicted octanol–water partition coefficient (Wildman–Crippen LogP) is 3.01. The quantitative estimate of drug-likeness (QED) is 0.512. The molecule has 152 valence electrons. The van der Waals surface area contributed by atoms with Crippen molar-refractivity contribution in [3.8, 4) is 11.4 Å². The third-order valence-electron chi connectivity index (χ3n) is 4.58. The number of carbonyl (C=O) groups is 1. The summed E-state index contributed by atoms with van der Waals surface area (Å²) in [4.78, 5) is 29.4. The van der Waals surface area contributed by atoms with Gasteiger partial charge in [-0.15, -0.1) is 0 Å². The van der Waals surface area contributed by atoms with E-state index in [1.807, 2.05) is 37.3 Å². The Balaban J connectivity index is 1.44. The van der Waals surface area contributed by atoms with Crippen molar-refractivity contribution in [3.63, 3.8) is 0 Å². The molecule has 2 aromatic heterocycles. The van der Waals surface area contributed by atoms with Crippen LogP contribution in [0.25, 0.3) is 16.7 Å². The fourth-order valence-corrected chi connectivity index (χ4v) is 3.11. The van der Waals surface area contributed by atoms with E-state index in [1.165, 1.54) is 17.1 Å². The number of benzene rings is 2. The zero-order chi connectivity index (χ0) is 20.9. The van der Waals surface area contributed by atoms with Gasteiger partial charge < -0.3 is 10.1 Å². The van der Waals surface area contributed by atoms with E-state index in [4.69, 9.17) is 4.74 Å². The van der Waals surface area contributed by atoms with E-state index in [-0.39, 0.29) is 24.4 Å². The molecule has 1 N–H and O–H groups in total. The first-order valence-corrected chi connectivity index (χ1v) is 9.67. The normalized spacial score (nSPS) is 10.8. The molecule has 0 bridgehead atoms. The maximum absolute atomic E-state index is 12.8. The molecular formula is C22H21N5O3. The van der Waals surface area contributed by atoms with Crippen LogP contribution in [0.1, 0.15) is 13.3 Å². The smallest absolute Gasteiger partial charge is 0.264 e. The van der Waals surface area contributed by atoms with Crippen LogP contribution in [-0.2, 0) is 11.3 Å². The number of para-hydroxylation sites is 1. The number of ether oxygens (including phenoxy) is 1. The van der Waals surface area contributed by atoms with Crippen molar-refractivity contribution < 1.29 is 9.53 Å². The highest BCUT2D eigenvalue weighted by atomic mass is 16.5. The Kier molecular flexibility index (Phi) is 5.56. The van der Waals surface area contributed by atoms with E-state index in [2.05, 4.69) is 15.4 Å². The molecule has 4 rings (SSSR count). The first kappa shape index (κ1) is 19.4. The minimum Gasteiger partial charge on any atom is -0.494 e. The van der Waals surface area contributed by atoms with Gasteiger partial charge in [-0.25, -0.2) is 9.67 Å². The molecule has 2 aromatic carbocycles. The topological polar surface area (TPSA) is 91.0 Å². The van der Waals surface area contributed by atoms with Crippen LogP contribution in [0.5, 0.6) is 5.75 Å². The van der Waals surface area contributed by atoms with E-state index in [0.717, 1.165) is 11.4 Å². The molecule has 0 saturated heterocycles. The van der Waals surface area contributed by atoms with Gasteiger partial charge in [0, 0.05) is 18.7 Å². The number of aryl methyl sites for hydroxylation is 1. The first-order chi connectivity index (χ1) is 14.7. The number of nitrogens with zero attached hydrogens (tertiary/aromatic N) is 4. The summed E-state index contributed by atoms with van der Waals surface area (Å²) < 4.78 is 8.44. The summed E-state index contributed by atoms with van der Waals surface area (Å²) in [5, 5.41) is 7.52. The fourth-order valence-electron chi connectivity index (χ4n) is 3.11. The molecule has 2 heterocycles. The lowest BCUT2D eigenvalue weighted by Crippen LogP contribution is -2.23. The Labute approximate surface area is 172 Å². The van der Waals surface area contributed by atoms with Gasteiger partial charge in [0.05, 0.1) is 24.8 Å². The van der Waals surface area contributed by atoms with E-state index in [0.29, 0.717) is 23.3 Å². The molecule has 30 heavy (non-hydrogen) atoms. The second kappa shape index (κ2) is 8.60.